The first-order valence-electron chi connectivity index (χ1n) is 7.58. The van der Waals surface area contributed by atoms with Crippen LogP contribution in [0.1, 0.15) is 19.4 Å². The number of nitrogens with one attached hydrogen (secondary N) is 1. The second-order valence-corrected chi connectivity index (χ2v) is 9.03. The fourth-order valence-corrected chi connectivity index (χ4v) is 4.04. The number of aliphatic imine (C=N–C) groups is 1. The van der Waals surface area contributed by atoms with Crippen molar-refractivity contribution in [3.05, 3.63) is 39.9 Å². The predicted octanol–water partition coefficient (Wildman–Crippen LogP) is 1.18. The van der Waals surface area contributed by atoms with Crippen molar-refractivity contribution in [3.8, 4) is 0 Å². The van der Waals surface area contributed by atoms with E-state index in [2.05, 4.69) is 10.3 Å². The molecule has 9 heteroatoms. The maximum atomic E-state index is 12.1. The minimum absolute atomic E-state index is 0.0435. The summed E-state index contributed by atoms with van der Waals surface area (Å²) < 4.78 is 23.3. The number of nitro groups is 1. The van der Waals surface area contributed by atoms with E-state index in [0.29, 0.717) is 24.6 Å². The summed E-state index contributed by atoms with van der Waals surface area (Å²) in [4.78, 5) is 16.7. The molecule has 0 spiro atoms. The number of hydrogen-bond acceptors (Lipinski definition) is 5. The molecule has 0 atom stereocenters. The Morgan fingerprint density at radius 3 is 2.67 bits per heavy atom. The minimum atomic E-state index is -3.13. The van der Waals surface area contributed by atoms with E-state index in [4.69, 9.17) is 0 Å². The molecule has 0 saturated carbocycles. The Hall–Kier alpha value is -2.16. The first-order chi connectivity index (χ1) is 11.2. The van der Waals surface area contributed by atoms with Crippen molar-refractivity contribution in [1.29, 1.82) is 0 Å². The van der Waals surface area contributed by atoms with Gasteiger partial charge in [-0.25, -0.2) is 8.42 Å². The number of para-hydroxylation sites is 1. The molecule has 24 heavy (non-hydrogen) atoms. The molecule has 0 unspecified atom stereocenters. The van der Waals surface area contributed by atoms with Gasteiger partial charge in [0.25, 0.3) is 5.69 Å². The summed E-state index contributed by atoms with van der Waals surface area (Å²) in [6.45, 7) is 4.31. The van der Waals surface area contributed by atoms with Crippen LogP contribution >= 0.6 is 0 Å². The van der Waals surface area contributed by atoms with E-state index in [0.717, 1.165) is 0 Å². The van der Waals surface area contributed by atoms with Gasteiger partial charge in [0.05, 0.1) is 15.4 Å². The lowest BCUT2D eigenvalue weighted by Crippen LogP contribution is -2.57. The largest absolute Gasteiger partial charge is 0.352 e. The third-order valence-corrected chi connectivity index (χ3v) is 6.71. The molecule has 1 saturated heterocycles. The van der Waals surface area contributed by atoms with Crippen molar-refractivity contribution in [1.82, 2.24) is 10.2 Å². The Kier molecular flexibility index (Phi) is 5.12. The fraction of sp³-hybridized carbons (Fsp3) is 0.533. The second kappa shape index (κ2) is 6.76. The topological polar surface area (TPSA) is 105 Å². The lowest BCUT2D eigenvalue weighted by molar-refractivity contribution is -0.385. The smallest absolute Gasteiger partial charge is 0.274 e. The maximum absolute atomic E-state index is 12.1. The highest BCUT2D eigenvalue weighted by Gasteiger charge is 2.40. The highest BCUT2D eigenvalue weighted by molar-refractivity contribution is 7.92. The number of hydrogen-bond donors (Lipinski definition) is 1. The number of rotatable bonds is 3. The third kappa shape index (κ3) is 3.66. The molecule has 2 rings (SSSR count). The van der Waals surface area contributed by atoms with Crippen LogP contribution in [0, 0.1) is 10.1 Å². The number of nitro benzene ring substituents is 1. The van der Waals surface area contributed by atoms with Crippen molar-refractivity contribution >= 4 is 21.5 Å². The van der Waals surface area contributed by atoms with Gasteiger partial charge in [-0.15, -0.1) is 0 Å². The second-order valence-electron chi connectivity index (χ2n) is 6.29. The van der Waals surface area contributed by atoms with E-state index in [1.54, 1.807) is 39.1 Å². The Morgan fingerprint density at radius 1 is 1.42 bits per heavy atom. The van der Waals surface area contributed by atoms with Gasteiger partial charge >= 0.3 is 0 Å². The fourth-order valence-electron chi connectivity index (χ4n) is 2.67. The minimum Gasteiger partial charge on any atom is -0.352 e. The molecule has 0 bridgehead atoms. The summed E-state index contributed by atoms with van der Waals surface area (Å²) in [7, 11) is -1.53. The van der Waals surface area contributed by atoms with Gasteiger partial charge in [-0.3, -0.25) is 15.1 Å². The van der Waals surface area contributed by atoms with Crippen LogP contribution in [0.15, 0.2) is 29.3 Å². The quantitative estimate of drug-likeness (QED) is 0.378. The van der Waals surface area contributed by atoms with Crippen LogP contribution in [-0.2, 0) is 16.4 Å². The maximum Gasteiger partial charge on any atom is 0.274 e. The van der Waals surface area contributed by atoms with Crippen LogP contribution < -0.4 is 5.32 Å². The molecule has 132 valence electrons. The van der Waals surface area contributed by atoms with Gasteiger partial charge in [-0.2, -0.15) is 0 Å². The SMILES string of the molecule is CN=C(NCc1ccccc1[N+](=O)[O-])N1CCS(=O)(=O)C(C)(C)C1. The standard InChI is InChI=1S/C15H22N4O4S/c1-15(2)11-18(8-9-24(15,22)23)14(16-3)17-10-12-6-4-5-7-13(12)19(20)21/h4-7H,8-11H2,1-3H3,(H,16,17). The van der Waals surface area contributed by atoms with Crippen LogP contribution in [0.25, 0.3) is 0 Å². The van der Waals surface area contributed by atoms with Crippen molar-refractivity contribution in [3.63, 3.8) is 0 Å². The van der Waals surface area contributed by atoms with E-state index in [-0.39, 0.29) is 18.0 Å². The molecule has 8 nitrogen and oxygen atoms in total. The first kappa shape index (κ1) is 18.2. The van der Waals surface area contributed by atoms with Crippen LogP contribution in [0.3, 0.4) is 0 Å². The Labute approximate surface area is 141 Å². The van der Waals surface area contributed by atoms with Crippen LogP contribution in [0.2, 0.25) is 0 Å². The summed E-state index contributed by atoms with van der Waals surface area (Å²) in [6.07, 6.45) is 0. The van der Waals surface area contributed by atoms with Gasteiger partial charge in [0, 0.05) is 38.3 Å². The van der Waals surface area contributed by atoms with Crippen LogP contribution in [-0.4, -0.2) is 54.8 Å². The zero-order chi connectivity index (χ0) is 18.0. The van der Waals surface area contributed by atoms with Crippen molar-refractivity contribution in [2.45, 2.75) is 25.1 Å². The van der Waals surface area contributed by atoms with E-state index in [1.807, 2.05) is 4.90 Å². The number of benzene rings is 1. The van der Waals surface area contributed by atoms with E-state index in [9.17, 15) is 18.5 Å². The monoisotopic (exact) mass is 354 g/mol. The van der Waals surface area contributed by atoms with Crippen molar-refractivity contribution < 1.29 is 13.3 Å². The average Bonchev–Trinajstić information content (AvgIpc) is 2.51. The normalized spacial score (nSPS) is 19.8. The van der Waals surface area contributed by atoms with Gasteiger partial charge in [-0.05, 0) is 13.8 Å². The van der Waals surface area contributed by atoms with Gasteiger partial charge in [-0.1, -0.05) is 18.2 Å². The molecule has 0 amide bonds. The molecule has 1 aromatic carbocycles. The Morgan fingerprint density at radius 2 is 2.08 bits per heavy atom. The number of sulfone groups is 1. The molecule has 1 fully saturated rings. The summed E-state index contributed by atoms with van der Waals surface area (Å²) >= 11 is 0. The van der Waals surface area contributed by atoms with Gasteiger partial charge in [0.15, 0.2) is 15.8 Å². The summed E-state index contributed by atoms with van der Waals surface area (Å²) in [6, 6.07) is 6.50. The zero-order valence-corrected chi connectivity index (χ0v) is 14.8. The summed E-state index contributed by atoms with van der Waals surface area (Å²) in [5.41, 5.74) is 0.592. The molecule has 1 aliphatic heterocycles. The Balaban J connectivity index is 2.11. The molecule has 0 aliphatic carbocycles. The van der Waals surface area contributed by atoms with Crippen molar-refractivity contribution in [2.75, 3.05) is 25.9 Å². The van der Waals surface area contributed by atoms with Gasteiger partial charge < -0.3 is 10.2 Å². The zero-order valence-electron chi connectivity index (χ0n) is 14.0. The molecule has 0 radical (unpaired) electrons. The van der Waals surface area contributed by atoms with E-state index >= 15 is 0 Å². The third-order valence-electron chi connectivity index (χ3n) is 4.18. The molecule has 1 aliphatic rings. The Bertz CT molecular complexity index is 758. The lowest BCUT2D eigenvalue weighted by atomic mass is 10.1. The van der Waals surface area contributed by atoms with Crippen molar-refractivity contribution in [2.24, 2.45) is 4.99 Å². The van der Waals surface area contributed by atoms with Crippen LogP contribution in [0.4, 0.5) is 5.69 Å². The highest BCUT2D eigenvalue weighted by Crippen LogP contribution is 2.24. The number of guanidine groups is 1. The summed E-state index contributed by atoms with van der Waals surface area (Å²) in [5, 5.41) is 14.2. The molecular formula is C15H22N4O4S. The molecular weight excluding hydrogens is 332 g/mol. The molecule has 0 aromatic heterocycles. The first-order valence-corrected chi connectivity index (χ1v) is 9.23. The lowest BCUT2D eigenvalue weighted by Gasteiger charge is -2.39. The molecule has 1 heterocycles. The molecule has 1 N–H and O–H groups in total. The highest BCUT2D eigenvalue weighted by atomic mass is 32.2. The van der Waals surface area contributed by atoms with Crippen LogP contribution in [0.5, 0.6) is 0 Å². The predicted molar refractivity (Wildman–Crippen MR) is 92.7 cm³/mol. The summed E-state index contributed by atoms with van der Waals surface area (Å²) in [5.74, 6) is 0.600. The average molecular weight is 354 g/mol. The van der Waals surface area contributed by atoms with E-state index < -0.39 is 19.5 Å². The van der Waals surface area contributed by atoms with E-state index in [1.165, 1.54) is 6.07 Å². The van der Waals surface area contributed by atoms with Gasteiger partial charge in [0.1, 0.15) is 0 Å². The number of nitrogens with zero attached hydrogens (tertiary/aromatic N) is 3. The molecule has 1 aromatic rings. The van der Waals surface area contributed by atoms with Gasteiger partial charge in [0.2, 0.25) is 0 Å².